The minimum absolute atomic E-state index is 0.0856. The van der Waals surface area contributed by atoms with Gasteiger partial charge < -0.3 is 23.7 Å². The molecule has 2 unspecified atom stereocenters. The molecular weight excluding hydrogens is 853 g/mol. The number of para-hydroxylation sites is 2. The average molecular weight is 900 g/mol. The van der Waals surface area contributed by atoms with Gasteiger partial charge in [0.15, 0.2) is 17.3 Å². The molecule has 5 aromatic rings. The molecule has 7 rings (SSSR count). The molecule has 2 fully saturated rings. The van der Waals surface area contributed by atoms with Crippen molar-refractivity contribution in [3.8, 4) is 17.2 Å². The van der Waals surface area contributed by atoms with Crippen molar-refractivity contribution < 1.29 is 23.4 Å². The van der Waals surface area contributed by atoms with Crippen LogP contribution in [0.4, 0.5) is 4.39 Å². The number of ether oxygens (including phenoxy) is 3. The van der Waals surface area contributed by atoms with Crippen LogP contribution in [0.25, 0.3) is 11.0 Å². The number of carbonyl (C=O) groups excluding carboxylic acids is 1. The van der Waals surface area contributed by atoms with Crippen LogP contribution in [0.1, 0.15) is 59.4 Å². The monoisotopic (exact) mass is 898 g/mol. The van der Waals surface area contributed by atoms with Crippen molar-refractivity contribution in [1.29, 1.82) is 0 Å². The van der Waals surface area contributed by atoms with Crippen molar-refractivity contribution in [3.05, 3.63) is 117 Å². The number of halogens is 4. The second kappa shape index (κ2) is 17.4. The standard InChI is InChI=1S/C43H46Cl2FIN4O4/c1-53-37-23-29(24-38(54-2)40(37)55-3)26-50-22-18-43(42(50)47,31-11-14-33(44)34(45)25-31)17-6-19-49-20-15-30(16-21-49)39(52)41-48-35-7-4-5-8-36(35)51(41)27-28-9-12-32(46)13-10-28/h4-5,7-14,23-25,30,42H,6,15-22,26-27H2,1-3H3. The number of ketones is 1. The fraction of sp³-hybridized carbons (Fsp3) is 0.395. The second-order valence-corrected chi connectivity index (χ2v) is 16.6. The Hall–Kier alpha value is -3.42. The number of piperidine rings is 1. The fourth-order valence-electron chi connectivity index (χ4n) is 8.44. The van der Waals surface area contributed by atoms with Crippen LogP contribution in [0, 0.1) is 11.7 Å². The molecule has 0 aliphatic carbocycles. The van der Waals surface area contributed by atoms with Crippen LogP contribution in [-0.2, 0) is 18.5 Å². The number of methoxy groups -OCH3 is 3. The molecule has 55 heavy (non-hydrogen) atoms. The molecule has 1 aromatic heterocycles. The largest absolute Gasteiger partial charge is 0.493 e. The fourth-order valence-corrected chi connectivity index (χ4v) is 10.2. The van der Waals surface area contributed by atoms with Crippen molar-refractivity contribution >= 4 is 62.6 Å². The van der Waals surface area contributed by atoms with E-state index in [-0.39, 0.29) is 27.0 Å². The molecule has 12 heteroatoms. The van der Waals surface area contributed by atoms with Crippen LogP contribution in [0.5, 0.6) is 17.2 Å². The summed E-state index contributed by atoms with van der Waals surface area (Å²) in [6.45, 7) is 4.77. The zero-order chi connectivity index (χ0) is 38.7. The van der Waals surface area contributed by atoms with E-state index in [1.165, 1.54) is 17.7 Å². The Bertz CT molecular complexity index is 2120. The van der Waals surface area contributed by atoms with E-state index in [0.717, 1.165) is 87.0 Å². The Morgan fingerprint density at radius 1 is 0.873 bits per heavy atom. The number of likely N-dealkylation sites (tertiary alicyclic amines) is 2. The second-order valence-electron chi connectivity index (χ2n) is 14.6. The van der Waals surface area contributed by atoms with E-state index in [1.807, 2.05) is 47.0 Å². The number of hydrogen-bond donors (Lipinski definition) is 0. The lowest BCUT2D eigenvalue weighted by atomic mass is 9.75. The van der Waals surface area contributed by atoms with Gasteiger partial charge in [-0.2, -0.15) is 0 Å². The molecule has 3 heterocycles. The molecule has 8 nitrogen and oxygen atoms in total. The third-order valence-electron chi connectivity index (χ3n) is 11.4. The zero-order valence-electron chi connectivity index (χ0n) is 31.4. The van der Waals surface area contributed by atoms with Gasteiger partial charge in [-0.25, -0.2) is 9.37 Å². The van der Waals surface area contributed by atoms with Gasteiger partial charge in [-0.1, -0.05) is 76.1 Å². The quantitative estimate of drug-likeness (QED) is 0.0476. The van der Waals surface area contributed by atoms with E-state index in [1.54, 1.807) is 33.5 Å². The van der Waals surface area contributed by atoms with Gasteiger partial charge in [-0.3, -0.25) is 9.69 Å². The van der Waals surface area contributed by atoms with E-state index in [9.17, 15) is 9.18 Å². The van der Waals surface area contributed by atoms with Gasteiger partial charge in [0.05, 0.1) is 46.5 Å². The van der Waals surface area contributed by atoms with E-state index in [0.29, 0.717) is 39.7 Å². The maximum atomic E-state index is 14.1. The van der Waals surface area contributed by atoms with Gasteiger partial charge in [-0.15, -0.1) is 0 Å². The number of alkyl halides is 1. The summed E-state index contributed by atoms with van der Waals surface area (Å²) in [5, 5.41) is 1.13. The number of carbonyl (C=O) groups is 1. The highest BCUT2D eigenvalue weighted by molar-refractivity contribution is 14.1. The van der Waals surface area contributed by atoms with Crippen LogP contribution in [-0.4, -0.2) is 76.7 Å². The third-order valence-corrected chi connectivity index (χ3v) is 14.1. The van der Waals surface area contributed by atoms with E-state index in [2.05, 4.69) is 44.5 Å². The summed E-state index contributed by atoms with van der Waals surface area (Å²) in [5.74, 6) is 2.07. The number of rotatable bonds is 14. The molecule has 2 aliphatic heterocycles. The number of imidazole rings is 1. The predicted molar refractivity (Wildman–Crippen MR) is 225 cm³/mol. The number of aromatic nitrogens is 2. The van der Waals surface area contributed by atoms with Crippen molar-refractivity contribution in [2.45, 2.75) is 54.7 Å². The topological polar surface area (TPSA) is 69.1 Å². The summed E-state index contributed by atoms with van der Waals surface area (Å²) in [7, 11) is 4.90. The molecule has 2 saturated heterocycles. The van der Waals surface area contributed by atoms with Gasteiger partial charge in [0.1, 0.15) is 5.82 Å². The van der Waals surface area contributed by atoms with Gasteiger partial charge in [0, 0.05) is 31.0 Å². The molecule has 2 aliphatic rings. The minimum atomic E-state index is -0.279. The number of hydrogen-bond acceptors (Lipinski definition) is 7. The van der Waals surface area contributed by atoms with E-state index >= 15 is 0 Å². The van der Waals surface area contributed by atoms with Gasteiger partial charge >= 0.3 is 0 Å². The lowest BCUT2D eigenvalue weighted by Gasteiger charge is -2.37. The molecule has 0 saturated carbocycles. The first-order chi connectivity index (χ1) is 26.6. The van der Waals surface area contributed by atoms with Gasteiger partial charge in [-0.05, 0) is 117 Å². The van der Waals surface area contributed by atoms with Gasteiger partial charge in [0.2, 0.25) is 11.5 Å². The Morgan fingerprint density at radius 3 is 2.25 bits per heavy atom. The van der Waals surface area contributed by atoms with E-state index < -0.39 is 0 Å². The lowest BCUT2D eigenvalue weighted by Crippen LogP contribution is -2.40. The van der Waals surface area contributed by atoms with Crippen LogP contribution in [0.3, 0.4) is 0 Å². The molecule has 0 bridgehead atoms. The molecular formula is C43H46Cl2FIN4O4. The van der Waals surface area contributed by atoms with Crippen LogP contribution < -0.4 is 14.2 Å². The number of nitrogens with zero attached hydrogens (tertiary/aromatic N) is 4. The van der Waals surface area contributed by atoms with Crippen molar-refractivity contribution in [3.63, 3.8) is 0 Å². The maximum absolute atomic E-state index is 14.1. The Kier molecular flexibility index (Phi) is 12.6. The predicted octanol–water partition coefficient (Wildman–Crippen LogP) is 9.84. The summed E-state index contributed by atoms with van der Waals surface area (Å²) in [6.07, 6.45) is 4.54. The van der Waals surface area contributed by atoms with Crippen LogP contribution >= 0.6 is 45.8 Å². The van der Waals surface area contributed by atoms with E-state index in [4.69, 9.17) is 42.4 Å². The zero-order valence-corrected chi connectivity index (χ0v) is 35.0. The summed E-state index contributed by atoms with van der Waals surface area (Å²) in [6, 6.07) is 24.5. The molecule has 290 valence electrons. The SMILES string of the molecule is COc1cc(CN2CCC(CCCN3CCC(C(=O)c4nc5ccccc5n4Cc4ccc(F)cc4)CC3)(c3ccc(Cl)c(Cl)c3)C2I)cc(OC)c1OC. The number of Topliss-reactive ketones (excluding diaryl/α,β-unsaturated/α-hetero) is 1. The Balaban J connectivity index is 1.02. The van der Waals surface area contributed by atoms with Crippen molar-refractivity contribution in [2.24, 2.45) is 5.92 Å². The molecule has 0 N–H and O–H groups in total. The number of benzene rings is 4. The smallest absolute Gasteiger partial charge is 0.203 e. The summed E-state index contributed by atoms with van der Waals surface area (Å²) < 4.78 is 32.7. The summed E-state index contributed by atoms with van der Waals surface area (Å²) in [4.78, 5) is 23.9. The highest BCUT2D eigenvalue weighted by Crippen LogP contribution is 2.49. The highest BCUT2D eigenvalue weighted by atomic mass is 127. The van der Waals surface area contributed by atoms with Crippen molar-refractivity contribution in [1.82, 2.24) is 19.4 Å². The molecule has 4 aromatic carbocycles. The first-order valence-corrected chi connectivity index (χ1v) is 20.7. The van der Waals surface area contributed by atoms with Gasteiger partial charge in [0.25, 0.3) is 0 Å². The first kappa shape index (κ1) is 39.8. The molecule has 0 spiro atoms. The minimum Gasteiger partial charge on any atom is -0.493 e. The normalized spacial score (nSPS) is 19.6. The van der Waals surface area contributed by atoms with Crippen LogP contribution in [0.15, 0.2) is 78.9 Å². The summed E-state index contributed by atoms with van der Waals surface area (Å²) >= 11 is 15.7. The molecule has 0 amide bonds. The highest BCUT2D eigenvalue weighted by Gasteiger charge is 2.47. The van der Waals surface area contributed by atoms with Crippen molar-refractivity contribution in [2.75, 3.05) is 47.5 Å². The van der Waals surface area contributed by atoms with Crippen LogP contribution in [0.2, 0.25) is 10.0 Å². The molecule has 0 radical (unpaired) electrons. The Morgan fingerprint density at radius 2 is 1.58 bits per heavy atom. The first-order valence-electron chi connectivity index (χ1n) is 18.7. The lowest BCUT2D eigenvalue weighted by molar-refractivity contribution is 0.0823. The Labute approximate surface area is 346 Å². The molecule has 2 atom stereocenters. The number of fused-ring (bicyclic) bond motifs is 1. The average Bonchev–Trinajstić information content (AvgIpc) is 3.73. The maximum Gasteiger partial charge on any atom is 0.203 e. The summed E-state index contributed by atoms with van der Waals surface area (Å²) in [5.41, 5.74) is 4.79. The third kappa shape index (κ3) is 8.35.